The molecule has 0 heterocycles. The molecule has 2 saturated carbocycles. The van der Waals surface area contributed by atoms with Crippen LogP contribution < -0.4 is 5.32 Å². The molecule has 2 fully saturated rings. The molecule has 0 radical (unpaired) electrons. The molecule has 1 N–H and O–H groups in total. The first-order valence-corrected chi connectivity index (χ1v) is 7.22. The summed E-state index contributed by atoms with van der Waals surface area (Å²) in [6, 6.07) is 8.72. The Morgan fingerprint density at radius 3 is 2.59 bits per heavy atom. The Kier molecular flexibility index (Phi) is 3.28. The minimum atomic E-state index is 0.634. The minimum absolute atomic E-state index is 0.634. The summed E-state index contributed by atoms with van der Waals surface area (Å²) in [5.74, 6) is 2.02. The van der Waals surface area contributed by atoms with Crippen molar-refractivity contribution in [3.63, 3.8) is 0 Å². The van der Waals surface area contributed by atoms with Crippen LogP contribution in [0.2, 0.25) is 5.02 Å². The van der Waals surface area contributed by atoms with Crippen LogP contribution in [0.1, 0.15) is 38.5 Å². The van der Waals surface area contributed by atoms with Gasteiger partial charge in [-0.1, -0.05) is 36.6 Å². The lowest BCUT2D eigenvalue weighted by molar-refractivity contribution is 0.303. The second kappa shape index (κ2) is 4.89. The maximum Gasteiger partial charge on any atom is 0.0637 e. The fourth-order valence-electron chi connectivity index (χ4n) is 3.15. The summed E-state index contributed by atoms with van der Waals surface area (Å²) in [6.45, 7) is 0. The molecule has 1 aromatic rings. The fraction of sp³-hybridized carbons (Fsp3) is 0.600. The smallest absolute Gasteiger partial charge is 0.0637 e. The van der Waals surface area contributed by atoms with Crippen molar-refractivity contribution >= 4 is 17.3 Å². The van der Waals surface area contributed by atoms with Gasteiger partial charge in [-0.3, -0.25) is 0 Å². The molecule has 1 aromatic carbocycles. The van der Waals surface area contributed by atoms with Gasteiger partial charge in [-0.05, 0) is 49.7 Å². The Bertz CT molecular complexity index is 386. The Labute approximate surface area is 109 Å². The van der Waals surface area contributed by atoms with Crippen LogP contribution in [0.25, 0.3) is 0 Å². The van der Waals surface area contributed by atoms with E-state index in [1.165, 1.54) is 38.5 Å². The van der Waals surface area contributed by atoms with E-state index in [4.69, 9.17) is 11.6 Å². The number of hydrogen-bond acceptors (Lipinski definition) is 1. The summed E-state index contributed by atoms with van der Waals surface area (Å²) in [4.78, 5) is 0. The van der Waals surface area contributed by atoms with Crippen LogP contribution in [-0.2, 0) is 0 Å². The number of halogens is 1. The third kappa shape index (κ3) is 2.77. The van der Waals surface area contributed by atoms with Gasteiger partial charge in [0.25, 0.3) is 0 Å². The Hall–Kier alpha value is -0.690. The van der Waals surface area contributed by atoms with E-state index in [2.05, 4.69) is 17.4 Å². The van der Waals surface area contributed by atoms with Gasteiger partial charge in [-0.25, -0.2) is 0 Å². The maximum absolute atomic E-state index is 6.19. The lowest BCUT2D eigenvalue weighted by atomic mass is 9.82. The molecule has 17 heavy (non-hydrogen) atoms. The van der Waals surface area contributed by atoms with Crippen molar-refractivity contribution in [2.75, 3.05) is 5.32 Å². The van der Waals surface area contributed by atoms with Crippen molar-refractivity contribution in [2.24, 2.45) is 11.8 Å². The number of nitrogens with one attached hydrogen (secondary N) is 1. The minimum Gasteiger partial charge on any atom is -0.381 e. The number of para-hydroxylation sites is 1. The van der Waals surface area contributed by atoms with Gasteiger partial charge in [0.05, 0.1) is 10.7 Å². The first-order chi connectivity index (χ1) is 8.33. The molecule has 2 aliphatic rings. The van der Waals surface area contributed by atoms with E-state index in [0.717, 1.165) is 22.5 Å². The highest BCUT2D eigenvalue weighted by Crippen LogP contribution is 2.44. The van der Waals surface area contributed by atoms with E-state index >= 15 is 0 Å². The first-order valence-electron chi connectivity index (χ1n) is 6.84. The first kappa shape index (κ1) is 11.4. The lowest BCUT2D eigenvalue weighted by Crippen LogP contribution is -2.28. The molecule has 0 amide bonds. The van der Waals surface area contributed by atoms with Crippen molar-refractivity contribution < 1.29 is 0 Å². The number of rotatable bonds is 3. The van der Waals surface area contributed by atoms with Crippen molar-refractivity contribution in [3.05, 3.63) is 29.3 Å². The summed E-state index contributed by atoms with van der Waals surface area (Å²) in [6.07, 6.45) is 8.42. The highest BCUT2D eigenvalue weighted by molar-refractivity contribution is 6.33. The van der Waals surface area contributed by atoms with Crippen molar-refractivity contribution in [1.82, 2.24) is 0 Å². The zero-order valence-electron chi connectivity index (χ0n) is 10.2. The molecule has 0 aromatic heterocycles. The summed E-state index contributed by atoms with van der Waals surface area (Å²) in [5, 5.41) is 4.48. The standard InChI is InChI=1S/C15H20ClN/c16-14-6-1-2-7-15(14)17-13-5-3-4-12(10-13)11-8-9-11/h1-2,6-7,11-13,17H,3-5,8-10H2. The normalized spacial score (nSPS) is 29.0. The second-order valence-corrected chi connectivity index (χ2v) is 5.99. The molecular weight excluding hydrogens is 230 g/mol. The number of hydrogen-bond donors (Lipinski definition) is 1. The van der Waals surface area contributed by atoms with Crippen LogP contribution in [0.4, 0.5) is 5.69 Å². The van der Waals surface area contributed by atoms with Crippen molar-refractivity contribution in [2.45, 2.75) is 44.6 Å². The number of anilines is 1. The third-order valence-electron chi connectivity index (χ3n) is 4.24. The summed E-state index contributed by atoms with van der Waals surface area (Å²) >= 11 is 6.19. The summed E-state index contributed by atoms with van der Waals surface area (Å²) < 4.78 is 0. The highest BCUT2D eigenvalue weighted by Gasteiger charge is 2.34. The highest BCUT2D eigenvalue weighted by atomic mass is 35.5. The van der Waals surface area contributed by atoms with Crippen LogP contribution in [0, 0.1) is 11.8 Å². The molecule has 0 bridgehead atoms. The van der Waals surface area contributed by atoms with Gasteiger partial charge in [0, 0.05) is 6.04 Å². The van der Waals surface area contributed by atoms with Crippen molar-refractivity contribution in [3.8, 4) is 0 Å². The van der Waals surface area contributed by atoms with Crippen LogP contribution in [0.15, 0.2) is 24.3 Å². The van der Waals surface area contributed by atoms with Gasteiger partial charge >= 0.3 is 0 Å². The van der Waals surface area contributed by atoms with Crippen LogP contribution in [0.3, 0.4) is 0 Å². The Morgan fingerprint density at radius 1 is 1.00 bits per heavy atom. The summed E-state index contributed by atoms with van der Waals surface area (Å²) in [7, 11) is 0. The van der Waals surface area contributed by atoms with E-state index in [-0.39, 0.29) is 0 Å². The molecule has 3 rings (SSSR count). The molecular formula is C15H20ClN. The average molecular weight is 250 g/mol. The van der Waals surface area contributed by atoms with E-state index in [0.29, 0.717) is 6.04 Å². The van der Waals surface area contributed by atoms with Gasteiger partial charge in [-0.2, -0.15) is 0 Å². The van der Waals surface area contributed by atoms with Crippen molar-refractivity contribution in [1.29, 1.82) is 0 Å². The molecule has 2 heteroatoms. The lowest BCUT2D eigenvalue weighted by Gasteiger charge is -2.30. The fourth-order valence-corrected chi connectivity index (χ4v) is 3.34. The molecule has 2 atom stereocenters. The van der Waals surface area contributed by atoms with E-state index in [1.54, 1.807) is 0 Å². The zero-order chi connectivity index (χ0) is 11.7. The Morgan fingerprint density at radius 2 is 1.82 bits per heavy atom. The predicted molar refractivity (Wildman–Crippen MR) is 73.5 cm³/mol. The van der Waals surface area contributed by atoms with Gasteiger partial charge in [0.1, 0.15) is 0 Å². The van der Waals surface area contributed by atoms with E-state index < -0.39 is 0 Å². The second-order valence-electron chi connectivity index (χ2n) is 5.59. The topological polar surface area (TPSA) is 12.0 Å². The number of benzene rings is 1. The van der Waals surface area contributed by atoms with Gasteiger partial charge in [-0.15, -0.1) is 0 Å². The molecule has 1 nitrogen and oxygen atoms in total. The third-order valence-corrected chi connectivity index (χ3v) is 4.57. The molecule has 92 valence electrons. The maximum atomic E-state index is 6.19. The summed E-state index contributed by atoms with van der Waals surface area (Å²) in [5.41, 5.74) is 1.11. The molecule has 2 unspecified atom stereocenters. The quantitative estimate of drug-likeness (QED) is 0.817. The Balaban J connectivity index is 1.62. The van der Waals surface area contributed by atoms with Gasteiger partial charge in [0.2, 0.25) is 0 Å². The SMILES string of the molecule is Clc1ccccc1NC1CCCC(C2CC2)C1. The van der Waals surface area contributed by atoms with Gasteiger partial charge in [0.15, 0.2) is 0 Å². The van der Waals surface area contributed by atoms with Crippen LogP contribution >= 0.6 is 11.6 Å². The van der Waals surface area contributed by atoms with Crippen LogP contribution in [-0.4, -0.2) is 6.04 Å². The van der Waals surface area contributed by atoms with E-state index in [9.17, 15) is 0 Å². The zero-order valence-corrected chi connectivity index (χ0v) is 10.9. The molecule has 0 saturated heterocycles. The molecule has 2 aliphatic carbocycles. The molecule has 0 aliphatic heterocycles. The monoisotopic (exact) mass is 249 g/mol. The average Bonchev–Trinajstić information content (AvgIpc) is 3.17. The molecule has 0 spiro atoms. The predicted octanol–water partition coefficient (Wildman–Crippen LogP) is 4.72. The van der Waals surface area contributed by atoms with Gasteiger partial charge < -0.3 is 5.32 Å². The largest absolute Gasteiger partial charge is 0.381 e. The van der Waals surface area contributed by atoms with E-state index in [1.807, 2.05) is 12.1 Å². The van der Waals surface area contributed by atoms with Crippen LogP contribution in [0.5, 0.6) is 0 Å².